The van der Waals surface area contributed by atoms with E-state index in [0.29, 0.717) is 12.6 Å². The van der Waals surface area contributed by atoms with Crippen molar-refractivity contribution in [2.75, 3.05) is 33.3 Å². The molecule has 1 saturated heterocycles. The molecule has 1 atom stereocenters. The van der Waals surface area contributed by atoms with Crippen molar-refractivity contribution < 1.29 is 4.74 Å². The van der Waals surface area contributed by atoms with Crippen LogP contribution < -0.4 is 4.74 Å². The molecule has 4 aliphatic rings. The molecule has 1 aromatic carbocycles. The molecule has 168 valence electrons. The molecule has 4 nitrogen and oxygen atoms in total. The third-order valence-corrected chi connectivity index (χ3v) is 7.29. The van der Waals surface area contributed by atoms with Gasteiger partial charge in [-0.05, 0) is 99.7 Å². The van der Waals surface area contributed by atoms with Gasteiger partial charge in [0.05, 0.1) is 12.3 Å². The van der Waals surface area contributed by atoms with Crippen LogP contribution >= 0.6 is 0 Å². The quantitative estimate of drug-likeness (QED) is 0.632. The van der Waals surface area contributed by atoms with Gasteiger partial charge in [-0.1, -0.05) is 12.1 Å². The first-order valence-electron chi connectivity index (χ1n) is 12.1. The van der Waals surface area contributed by atoms with E-state index in [-0.39, 0.29) is 0 Å². The Morgan fingerprint density at radius 1 is 1.06 bits per heavy atom. The molecule has 1 saturated carbocycles. The molecule has 0 radical (unpaired) electrons. The third kappa shape index (κ3) is 3.93. The van der Waals surface area contributed by atoms with E-state index in [9.17, 15) is 0 Å². The molecule has 1 aromatic rings. The van der Waals surface area contributed by atoms with Crippen LogP contribution in [0.1, 0.15) is 44.2 Å². The standard InChI is InChI=1S/C28H35N3O/c1-5-32-28-17-23(10-9-20(28)2)24-15-25-11-12-26(30-14-13-29(4)21(3)18-30)19-31(25)27(16-24)22-7-6-8-22/h9-12,15-17,19,21H,5-8,13-14,18H2,1-4H3/t21-/m0/s1. The summed E-state index contributed by atoms with van der Waals surface area (Å²) in [5.74, 6) is 0.982. The summed E-state index contributed by atoms with van der Waals surface area (Å²) in [5.41, 5.74) is 9.19. The van der Waals surface area contributed by atoms with Crippen molar-refractivity contribution in [3.63, 3.8) is 0 Å². The molecular weight excluding hydrogens is 394 g/mol. The van der Waals surface area contributed by atoms with Crippen molar-refractivity contribution in [2.45, 2.75) is 46.1 Å². The maximum Gasteiger partial charge on any atom is 0.122 e. The normalized spacial score (nSPS) is 23.4. The lowest BCUT2D eigenvalue weighted by Gasteiger charge is -2.42. The van der Waals surface area contributed by atoms with Gasteiger partial charge < -0.3 is 19.4 Å². The molecule has 3 heterocycles. The zero-order valence-corrected chi connectivity index (χ0v) is 19.9. The zero-order valence-electron chi connectivity index (χ0n) is 19.9. The molecule has 4 heteroatoms. The van der Waals surface area contributed by atoms with Crippen molar-refractivity contribution >= 4 is 5.57 Å². The van der Waals surface area contributed by atoms with Crippen LogP contribution in [-0.4, -0.2) is 54.0 Å². The Morgan fingerprint density at radius 2 is 1.88 bits per heavy atom. The molecule has 0 amide bonds. The Morgan fingerprint density at radius 3 is 2.59 bits per heavy atom. The summed E-state index contributed by atoms with van der Waals surface area (Å²) in [6.45, 7) is 10.4. The molecule has 0 bridgehead atoms. The number of fused-ring (bicyclic) bond motifs is 1. The molecule has 5 rings (SSSR count). The molecule has 0 N–H and O–H groups in total. The van der Waals surface area contributed by atoms with Gasteiger partial charge >= 0.3 is 0 Å². The summed E-state index contributed by atoms with van der Waals surface area (Å²) >= 11 is 0. The molecular formula is C28H35N3O. The minimum atomic E-state index is 0.577. The summed E-state index contributed by atoms with van der Waals surface area (Å²) in [7, 11) is 2.23. The Balaban J connectivity index is 1.48. The van der Waals surface area contributed by atoms with Gasteiger partial charge in [-0.15, -0.1) is 0 Å². The van der Waals surface area contributed by atoms with Crippen LogP contribution in [0.25, 0.3) is 5.57 Å². The summed E-state index contributed by atoms with van der Waals surface area (Å²) in [6.07, 6.45) is 15.4. The van der Waals surface area contributed by atoms with Crippen LogP contribution in [0.5, 0.6) is 5.75 Å². The maximum atomic E-state index is 5.88. The first kappa shape index (κ1) is 21.1. The number of piperazine rings is 1. The molecule has 0 unspecified atom stereocenters. The predicted molar refractivity (Wildman–Crippen MR) is 132 cm³/mol. The van der Waals surface area contributed by atoms with Crippen LogP contribution in [0.15, 0.2) is 71.4 Å². The third-order valence-electron chi connectivity index (χ3n) is 7.29. The molecule has 32 heavy (non-hydrogen) atoms. The lowest BCUT2D eigenvalue weighted by atomic mass is 9.87. The Labute approximate surface area is 192 Å². The highest BCUT2D eigenvalue weighted by molar-refractivity contribution is 5.80. The average Bonchev–Trinajstić information content (AvgIpc) is 2.76. The van der Waals surface area contributed by atoms with Gasteiger partial charge in [0.25, 0.3) is 0 Å². The van der Waals surface area contributed by atoms with E-state index in [1.807, 2.05) is 6.92 Å². The maximum absolute atomic E-state index is 5.88. The van der Waals surface area contributed by atoms with Gasteiger partial charge in [0.2, 0.25) is 0 Å². The lowest BCUT2D eigenvalue weighted by molar-refractivity contribution is 0.132. The van der Waals surface area contributed by atoms with Crippen molar-refractivity contribution in [3.05, 3.63) is 82.5 Å². The minimum Gasteiger partial charge on any atom is -0.494 e. The van der Waals surface area contributed by atoms with Gasteiger partial charge in [0, 0.05) is 43.3 Å². The van der Waals surface area contributed by atoms with Crippen LogP contribution in [0.4, 0.5) is 0 Å². The predicted octanol–water partition coefficient (Wildman–Crippen LogP) is 5.46. The number of allylic oxidation sites excluding steroid dienone is 6. The smallest absolute Gasteiger partial charge is 0.122 e. The first-order chi connectivity index (χ1) is 15.5. The first-order valence-corrected chi connectivity index (χ1v) is 12.1. The fourth-order valence-electron chi connectivity index (χ4n) is 4.85. The van der Waals surface area contributed by atoms with Gasteiger partial charge in [-0.2, -0.15) is 0 Å². The number of hydrogen-bond donors (Lipinski definition) is 0. The summed E-state index contributed by atoms with van der Waals surface area (Å²) in [4.78, 5) is 7.41. The van der Waals surface area contributed by atoms with Gasteiger partial charge in [-0.25, -0.2) is 0 Å². The highest BCUT2D eigenvalue weighted by Crippen LogP contribution is 2.40. The Hall–Kier alpha value is -2.72. The van der Waals surface area contributed by atoms with Crippen molar-refractivity contribution in [1.29, 1.82) is 0 Å². The largest absolute Gasteiger partial charge is 0.494 e. The number of hydrogen-bond acceptors (Lipinski definition) is 4. The zero-order chi connectivity index (χ0) is 22.2. The summed E-state index contributed by atoms with van der Waals surface area (Å²) in [6, 6.07) is 7.16. The molecule has 0 spiro atoms. The second kappa shape index (κ2) is 8.67. The topological polar surface area (TPSA) is 19.0 Å². The molecule has 2 fully saturated rings. The van der Waals surface area contributed by atoms with Crippen LogP contribution in [0, 0.1) is 6.92 Å². The van der Waals surface area contributed by atoms with Gasteiger partial charge in [0.1, 0.15) is 5.75 Å². The number of benzene rings is 1. The summed E-state index contributed by atoms with van der Waals surface area (Å²) < 4.78 is 5.88. The van der Waals surface area contributed by atoms with E-state index < -0.39 is 0 Å². The van der Waals surface area contributed by atoms with E-state index in [1.165, 1.54) is 53.1 Å². The second-order valence-corrected chi connectivity index (χ2v) is 9.46. The fourth-order valence-corrected chi connectivity index (χ4v) is 4.85. The number of nitrogens with zero attached hydrogens (tertiary/aromatic N) is 3. The van der Waals surface area contributed by atoms with E-state index in [0.717, 1.165) is 25.4 Å². The number of ether oxygens (including phenoxy) is 1. The monoisotopic (exact) mass is 429 g/mol. The minimum absolute atomic E-state index is 0.577. The lowest BCUT2D eigenvalue weighted by Crippen LogP contribution is -2.49. The van der Waals surface area contributed by atoms with Crippen molar-refractivity contribution in [1.82, 2.24) is 14.7 Å². The Kier molecular flexibility index (Phi) is 5.73. The SMILES string of the molecule is CCOc1cc(C2=CC(=C3CCC3)N3C=C(N4CCN(C)[C@@H](C)C4)C=CC3=C2)ccc1C. The van der Waals surface area contributed by atoms with Gasteiger partial charge in [-0.3, -0.25) is 0 Å². The van der Waals surface area contributed by atoms with Gasteiger partial charge in [0.15, 0.2) is 0 Å². The number of likely N-dealkylation sites (N-methyl/N-ethyl adjacent to an activating group) is 1. The second-order valence-electron chi connectivity index (χ2n) is 9.46. The van der Waals surface area contributed by atoms with Crippen LogP contribution in [0.3, 0.4) is 0 Å². The number of aryl methyl sites for hydroxylation is 1. The average molecular weight is 430 g/mol. The van der Waals surface area contributed by atoms with E-state index in [2.05, 4.69) is 84.3 Å². The van der Waals surface area contributed by atoms with Crippen LogP contribution in [-0.2, 0) is 0 Å². The molecule has 1 aliphatic carbocycles. The van der Waals surface area contributed by atoms with E-state index in [4.69, 9.17) is 4.74 Å². The molecule has 3 aliphatic heterocycles. The highest BCUT2D eigenvalue weighted by Gasteiger charge is 2.28. The fraction of sp³-hybridized carbons (Fsp3) is 0.429. The summed E-state index contributed by atoms with van der Waals surface area (Å²) in [5, 5.41) is 0. The van der Waals surface area contributed by atoms with E-state index in [1.54, 1.807) is 5.57 Å². The van der Waals surface area contributed by atoms with E-state index >= 15 is 0 Å². The number of rotatable bonds is 4. The van der Waals surface area contributed by atoms with Crippen molar-refractivity contribution in [2.24, 2.45) is 0 Å². The molecule has 0 aromatic heterocycles. The Bertz CT molecular complexity index is 1050. The van der Waals surface area contributed by atoms with Crippen molar-refractivity contribution in [3.8, 4) is 5.75 Å². The highest BCUT2D eigenvalue weighted by atomic mass is 16.5. The van der Waals surface area contributed by atoms with Crippen LogP contribution in [0.2, 0.25) is 0 Å².